The molecule has 0 saturated carbocycles. The number of esters is 1. The molecule has 6 nitrogen and oxygen atoms in total. The molecule has 0 unspecified atom stereocenters. The number of hydrogen-bond donors (Lipinski definition) is 2. The van der Waals surface area contributed by atoms with Gasteiger partial charge < -0.3 is 15.8 Å². The molecule has 0 atom stereocenters. The van der Waals surface area contributed by atoms with Crippen LogP contribution in [0.15, 0.2) is 36.5 Å². The van der Waals surface area contributed by atoms with Gasteiger partial charge in [-0.25, -0.2) is 18.6 Å². The highest BCUT2D eigenvalue weighted by Crippen LogP contribution is 2.13. The maximum Gasteiger partial charge on any atom is 0.359 e. The third-order valence-corrected chi connectivity index (χ3v) is 2.57. The maximum absolute atomic E-state index is 13.0. The Labute approximate surface area is 123 Å². The van der Waals surface area contributed by atoms with Crippen LogP contribution in [0.4, 0.5) is 20.2 Å². The number of benzene rings is 1. The molecule has 1 aromatic heterocycles. The van der Waals surface area contributed by atoms with Gasteiger partial charge in [0, 0.05) is 18.0 Å². The van der Waals surface area contributed by atoms with Gasteiger partial charge >= 0.3 is 5.97 Å². The van der Waals surface area contributed by atoms with E-state index in [1.54, 1.807) is 6.07 Å². The van der Waals surface area contributed by atoms with Crippen molar-refractivity contribution in [2.24, 2.45) is 0 Å². The first-order valence-electron chi connectivity index (χ1n) is 6.10. The van der Waals surface area contributed by atoms with Crippen LogP contribution in [0.1, 0.15) is 10.5 Å². The molecule has 1 heterocycles. The molecule has 114 valence electrons. The Morgan fingerprint density at radius 3 is 2.68 bits per heavy atom. The predicted molar refractivity (Wildman–Crippen MR) is 73.9 cm³/mol. The van der Waals surface area contributed by atoms with Crippen LogP contribution in [0.5, 0.6) is 0 Å². The third-order valence-electron chi connectivity index (χ3n) is 2.57. The largest absolute Gasteiger partial charge is 0.451 e. The van der Waals surface area contributed by atoms with Gasteiger partial charge in [0.15, 0.2) is 23.9 Å². The van der Waals surface area contributed by atoms with Gasteiger partial charge in [0.05, 0.1) is 5.69 Å². The number of nitrogens with zero attached hydrogens (tertiary/aromatic N) is 1. The molecule has 1 amide bonds. The van der Waals surface area contributed by atoms with E-state index in [2.05, 4.69) is 10.3 Å². The Bertz CT molecular complexity index is 722. The number of pyridine rings is 1. The summed E-state index contributed by atoms with van der Waals surface area (Å²) in [5.41, 5.74) is 5.59. The van der Waals surface area contributed by atoms with Crippen molar-refractivity contribution in [2.75, 3.05) is 17.7 Å². The number of amides is 1. The fourth-order valence-electron chi connectivity index (χ4n) is 1.56. The summed E-state index contributed by atoms with van der Waals surface area (Å²) in [5.74, 6) is -3.71. The van der Waals surface area contributed by atoms with Gasteiger partial charge in [-0.3, -0.25) is 4.79 Å². The SMILES string of the molecule is Nc1cccnc1C(=O)OCC(=O)Nc1ccc(F)c(F)c1. The standard InChI is InChI=1S/C14H11F2N3O3/c15-9-4-3-8(6-10(9)16)19-12(20)7-22-14(21)13-11(17)2-1-5-18-13/h1-6H,7,17H2,(H,19,20). The molecule has 0 saturated heterocycles. The minimum atomic E-state index is -1.10. The molecular formula is C14H11F2N3O3. The number of carbonyl (C=O) groups is 2. The summed E-state index contributed by atoms with van der Waals surface area (Å²) < 4.78 is 30.5. The molecule has 2 aromatic rings. The first kappa shape index (κ1) is 15.4. The van der Waals surface area contributed by atoms with Crippen LogP contribution < -0.4 is 11.1 Å². The van der Waals surface area contributed by atoms with Gasteiger partial charge in [0.25, 0.3) is 5.91 Å². The van der Waals surface area contributed by atoms with E-state index in [9.17, 15) is 18.4 Å². The first-order chi connectivity index (χ1) is 10.5. The van der Waals surface area contributed by atoms with Crippen LogP contribution in [0.25, 0.3) is 0 Å². The molecule has 0 fully saturated rings. The van der Waals surface area contributed by atoms with Gasteiger partial charge in [-0.1, -0.05) is 0 Å². The summed E-state index contributed by atoms with van der Waals surface area (Å²) in [6, 6.07) is 5.86. The Morgan fingerprint density at radius 1 is 1.23 bits per heavy atom. The molecule has 0 radical (unpaired) electrons. The van der Waals surface area contributed by atoms with Crippen LogP contribution in [0.3, 0.4) is 0 Å². The van der Waals surface area contributed by atoms with Gasteiger partial charge in [0.1, 0.15) is 0 Å². The second-order valence-corrected chi connectivity index (χ2v) is 4.19. The number of nitrogens with one attached hydrogen (secondary N) is 1. The number of hydrogen-bond acceptors (Lipinski definition) is 5. The van der Waals surface area contributed by atoms with Crippen molar-refractivity contribution in [1.29, 1.82) is 0 Å². The van der Waals surface area contributed by atoms with Crippen molar-refractivity contribution in [3.63, 3.8) is 0 Å². The molecule has 0 aliphatic rings. The molecule has 8 heteroatoms. The molecule has 3 N–H and O–H groups in total. The Morgan fingerprint density at radius 2 is 2.00 bits per heavy atom. The van der Waals surface area contributed by atoms with E-state index in [-0.39, 0.29) is 17.1 Å². The zero-order valence-electron chi connectivity index (χ0n) is 11.2. The highest BCUT2D eigenvalue weighted by Gasteiger charge is 2.14. The lowest BCUT2D eigenvalue weighted by molar-refractivity contribution is -0.119. The molecule has 0 spiro atoms. The number of carbonyl (C=O) groups excluding carboxylic acids is 2. The van der Waals surface area contributed by atoms with Crippen LogP contribution in [0, 0.1) is 11.6 Å². The van der Waals surface area contributed by atoms with E-state index in [0.29, 0.717) is 0 Å². The summed E-state index contributed by atoms with van der Waals surface area (Å²) >= 11 is 0. The van der Waals surface area contributed by atoms with E-state index in [4.69, 9.17) is 10.5 Å². The minimum absolute atomic E-state index is 0.0392. The van der Waals surface area contributed by atoms with Gasteiger partial charge in [0.2, 0.25) is 0 Å². The molecular weight excluding hydrogens is 296 g/mol. The number of aromatic nitrogens is 1. The van der Waals surface area contributed by atoms with Gasteiger partial charge in [-0.05, 0) is 24.3 Å². The fraction of sp³-hybridized carbons (Fsp3) is 0.0714. The van der Waals surface area contributed by atoms with Gasteiger partial charge in [-0.2, -0.15) is 0 Å². The molecule has 2 rings (SSSR count). The zero-order chi connectivity index (χ0) is 16.1. The van der Waals surface area contributed by atoms with Crippen LogP contribution >= 0.6 is 0 Å². The number of rotatable bonds is 4. The normalized spacial score (nSPS) is 10.1. The predicted octanol–water partition coefficient (Wildman–Crippen LogP) is 1.74. The summed E-state index contributed by atoms with van der Waals surface area (Å²) in [4.78, 5) is 27.0. The molecule has 0 bridgehead atoms. The van der Waals surface area contributed by atoms with Crippen molar-refractivity contribution in [3.8, 4) is 0 Å². The van der Waals surface area contributed by atoms with E-state index in [0.717, 1.165) is 12.1 Å². The van der Waals surface area contributed by atoms with Crippen LogP contribution in [-0.2, 0) is 9.53 Å². The number of nitrogen functional groups attached to an aromatic ring is 1. The molecule has 0 aliphatic carbocycles. The molecule has 0 aliphatic heterocycles. The quantitative estimate of drug-likeness (QED) is 0.839. The van der Waals surface area contributed by atoms with Crippen molar-refractivity contribution in [1.82, 2.24) is 4.98 Å². The fourth-order valence-corrected chi connectivity index (χ4v) is 1.56. The second-order valence-electron chi connectivity index (χ2n) is 4.19. The topological polar surface area (TPSA) is 94.3 Å². The van der Waals surface area contributed by atoms with E-state index < -0.39 is 30.1 Å². The highest BCUT2D eigenvalue weighted by molar-refractivity contribution is 5.96. The lowest BCUT2D eigenvalue weighted by Crippen LogP contribution is -2.22. The summed E-state index contributed by atoms with van der Waals surface area (Å²) in [5, 5.41) is 2.26. The lowest BCUT2D eigenvalue weighted by atomic mass is 10.3. The Balaban J connectivity index is 1.91. The average Bonchev–Trinajstić information content (AvgIpc) is 2.49. The smallest absolute Gasteiger partial charge is 0.359 e. The zero-order valence-corrected chi connectivity index (χ0v) is 11.2. The Kier molecular flexibility index (Phi) is 4.62. The number of ether oxygens (including phenoxy) is 1. The van der Waals surface area contributed by atoms with Crippen LogP contribution in [0.2, 0.25) is 0 Å². The van der Waals surface area contributed by atoms with Crippen molar-refractivity contribution in [2.45, 2.75) is 0 Å². The number of anilines is 2. The van der Waals surface area contributed by atoms with Crippen LogP contribution in [-0.4, -0.2) is 23.5 Å². The summed E-state index contributed by atoms with van der Waals surface area (Å²) in [6.45, 7) is -0.617. The molecule has 1 aromatic carbocycles. The lowest BCUT2D eigenvalue weighted by Gasteiger charge is -2.07. The summed E-state index contributed by atoms with van der Waals surface area (Å²) in [6.07, 6.45) is 1.36. The second kappa shape index (κ2) is 6.61. The van der Waals surface area contributed by atoms with E-state index >= 15 is 0 Å². The van der Waals surface area contributed by atoms with Gasteiger partial charge in [-0.15, -0.1) is 0 Å². The highest BCUT2D eigenvalue weighted by atomic mass is 19.2. The monoisotopic (exact) mass is 307 g/mol. The van der Waals surface area contributed by atoms with E-state index in [1.807, 2.05) is 0 Å². The first-order valence-corrected chi connectivity index (χ1v) is 6.10. The van der Waals surface area contributed by atoms with Crippen molar-refractivity contribution < 1.29 is 23.1 Å². The van der Waals surface area contributed by atoms with Crippen molar-refractivity contribution >= 4 is 23.3 Å². The number of nitrogens with two attached hydrogens (primary N) is 1. The molecule has 22 heavy (non-hydrogen) atoms. The maximum atomic E-state index is 13.0. The third kappa shape index (κ3) is 3.75. The Hall–Kier alpha value is -3.03. The minimum Gasteiger partial charge on any atom is -0.451 e. The van der Waals surface area contributed by atoms with E-state index in [1.165, 1.54) is 18.3 Å². The average molecular weight is 307 g/mol. The van der Waals surface area contributed by atoms with Crippen molar-refractivity contribution in [3.05, 3.63) is 53.9 Å². The number of halogens is 2. The summed E-state index contributed by atoms with van der Waals surface area (Å²) in [7, 11) is 0.